The fraction of sp³-hybridized carbons (Fsp3) is 0.179. The van der Waals surface area contributed by atoms with Gasteiger partial charge in [-0.15, -0.1) is 11.8 Å². The highest BCUT2D eigenvalue weighted by Crippen LogP contribution is 2.37. The van der Waals surface area contributed by atoms with E-state index in [1.807, 2.05) is 54.6 Å². The number of benzene rings is 2. The van der Waals surface area contributed by atoms with Gasteiger partial charge in [-0.25, -0.2) is 9.97 Å². The highest BCUT2D eigenvalue weighted by molar-refractivity contribution is 7.99. The molecule has 1 aliphatic heterocycles. The number of thioether (sulfide) groups is 1. The molecule has 0 spiro atoms. The molecule has 37 heavy (non-hydrogen) atoms. The van der Waals surface area contributed by atoms with Crippen molar-refractivity contribution in [2.24, 2.45) is 0 Å². The summed E-state index contributed by atoms with van der Waals surface area (Å²) < 4.78 is 0. The minimum Gasteiger partial charge on any atom is -0.340 e. The van der Waals surface area contributed by atoms with Crippen molar-refractivity contribution in [2.75, 3.05) is 11.9 Å². The molecule has 2 aromatic heterocycles. The second-order valence-corrected chi connectivity index (χ2v) is 10.0. The number of pyridine rings is 2. The van der Waals surface area contributed by atoms with Crippen molar-refractivity contribution in [3.8, 4) is 11.1 Å². The lowest BCUT2D eigenvalue weighted by atomic mass is 9.99. The van der Waals surface area contributed by atoms with Crippen LogP contribution >= 0.6 is 11.8 Å². The summed E-state index contributed by atoms with van der Waals surface area (Å²) in [6, 6.07) is 23.8. The number of nitrogens with one attached hydrogen (secondary N) is 2. The van der Waals surface area contributed by atoms with Gasteiger partial charge in [-0.2, -0.15) is 0 Å². The molecule has 2 N–H and O–H groups in total. The summed E-state index contributed by atoms with van der Waals surface area (Å²) in [7, 11) is 0. The first kappa shape index (κ1) is 24.6. The molecule has 3 heterocycles. The van der Waals surface area contributed by atoms with Crippen LogP contribution in [0.4, 0.5) is 17.2 Å². The fourth-order valence-electron chi connectivity index (χ4n) is 4.46. The molecule has 0 saturated carbocycles. The Balaban J connectivity index is 1.41. The van der Waals surface area contributed by atoms with Crippen molar-refractivity contribution in [3.05, 3.63) is 106 Å². The number of carbonyl (C=O) groups is 1. The van der Waals surface area contributed by atoms with Crippen LogP contribution in [-0.2, 0) is 0 Å². The molecule has 0 amide bonds. The Hall–Kier alpha value is -4.08. The van der Waals surface area contributed by atoms with Gasteiger partial charge in [0.15, 0.2) is 0 Å². The molecule has 0 aliphatic carbocycles. The number of nitro groups is 1. The number of nitrogens with zero attached hydrogens (tertiary/aromatic N) is 3. The standard InChI is InChI=1S/C28H25N5O3S/c34-18-19-8-10-20(11-9-19)22-5-1-2-6-23(22)31-26-13-12-25(33(35)36)28(32-26)24-17-21(14-16-29-24)37-27-7-3-4-15-30-27/h1-13,15,18,21,24,29H,14,16-17H2,(H,31,32). The van der Waals surface area contributed by atoms with Crippen LogP contribution < -0.4 is 10.6 Å². The number of carbonyl (C=O) groups excluding carboxylic acids is 1. The molecule has 2 unspecified atom stereocenters. The Labute approximate surface area is 218 Å². The van der Waals surface area contributed by atoms with Crippen LogP contribution in [0.3, 0.4) is 0 Å². The van der Waals surface area contributed by atoms with E-state index >= 15 is 0 Å². The monoisotopic (exact) mass is 511 g/mol. The summed E-state index contributed by atoms with van der Waals surface area (Å²) in [6.07, 6.45) is 4.24. The van der Waals surface area contributed by atoms with Gasteiger partial charge in [-0.05, 0) is 49.2 Å². The zero-order valence-electron chi connectivity index (χ0n) is 19.9. The van der Waals surface area contributed by atoms with Gasteiger partial charge in [-0.3, -0.25) is 14.9 Å². The topological polar surface area (TPSA) is 110 Å². The first-order valence-electron chi connectivity index (χ1n) is 12.0. The normalized spacial score (nSPS) is 17.2. The molecule has 4 aromatic rings. The fourth-order valence-corrected chi connectivity index (χ4v) is 5.60. The lowest BCUT2D eigenvalue weighted by molar-refractivity contribution is -0.386. The van der Waals surface area contributed by atoms with Crippen LogP contribution in [0.1, 0.15) is 34.9 Å². The zero-order valence-corrected chi connectivity index (χ0v) is 20.7. The van der Waals surface area contributed by atoms with E-state index in [1.54, 1.807) is 36.2 Å². The molecular formula is C28H25N5O3S. The number of aromatic nitrogens is 2. The number of hydrogen-bond acceptors (Lipinski definition) is 8. The van der Waals surface area contributed by atoms with Crippen LogP contribution in [0, 0.1) is 10.1 Å². The van der Waals surface area contributed by atoms with Gasteiger partial charge in [0.05, 0.1) is 16.0 Å². The van der Waals surface area contributed by atoms with E-state index in [4.69, 9.17) is 4.98 Å². The maximum Gasteiger partial charge on any atom is 0.292 e. The number of rotatable bonds is 8. The lowest BCUT2D eigenvalue weighted by Gasteiger charge is -2.29. The second kappa shape index (κ2) is 11.3. The van der Waals surface area contributed by atoms with E-state index in [1.165, 1.54) is 6.07 Å². The van der Waals surface area contributed by atoms with Gasteiger partial charge in [-0.1, -0.05) is 48.5 Å². The summed E-state index contributed by atoms with van der Waals surface area (Å²) in [4.78, 5) is 31.7. The van der Waals surface area contributed by atoms with Gasteiger partial charge in [0, 0.05) is 34.3 Å². The van der Waals surface area contributed by atoms with Gasteiger partial charge in [0.1, 0.15) is 17.8 Å². The molecule has 8 nitrogen and oxygen atoms in total. The minimum atomic E-state index is -0.369. The number of aldehydes is 1. The second-order valence-electron chi connectivity index (χ2n) is 8.71. The molecule has 1 saturated heterocycles. The molecule has 5 rings (SSSR count). The number of hydrogen-bond donors (Lipinski definition) is 2. The Kier molecular flexibility index (Phi) is 7.53. The minimum absolute atomic E-state index is 0.00396. The zero-order chi connectivity index (χ0) is 25.6. The molecule has 186 valence electrons. The Bertz CT molecular complexity index is 1400. The van der Waals surface area contributed by atoms with Crippen molar-refractivity contribution in [1.29, 1.82) is 0 Å². The Morgan fingerprint density at radius 1 is 1.03 bits per heavy atom. The summed E-state index contributed by atoms with van der Waals surface area (Å²) in [5, 5.41) is 19.9. The highest BCUT2D eigenvalue weighted by atomic mass is 32.2. The van der Waals surface area contributed by atoms with Crippen molar-refractivity contribution in [3.63, 3.8) is 0 Å². The predicted octanol–water partition coefficient (Wildman–Crippen LogP) is 6.19. The number of para-hydroxylation sites is 1. The molecule has 9 heteroatoms. The summed E-state index contributed by atoms with van der Waals surface area (Å²) in [5.41, 5.74) is 3.73. The van der Waals surface area contributed by atoms with E-state index in [9.17, 15) is 14.9 Å². The average Bonchev–Trinajstić information content (AvgIpc) is 2.94. The lowest BCUT2D eigenvalue weighted by Crippen LogP contribution is -2.34. The van der Waals surface area contributed by atoms with Crippen LogP contribution in [0.15, 0.2) is 90.1 Å². The van der Waals surface area contributed by atoms with E-state index in [0.29, 0.717) is 23.5 Å². The predicted molar refractivity (Wildman–Crippen MR) is 145 cm³/mol. The van der Waals surface area contributed by atoms with Crippen molar-refractivity contribution < 1.29 is 9.72 Å². The summed E-state index contributed by atoms with van der Waals surface area (Å²) >= 11 is 1.70. The molecular weight excluding hydrogens is 486 g/mol. The van der Waals surface area contributed by atoms with Gasteiger partial charge in [0.2, 0.25) is 0 Å². The smallest absolute Gasteiger partial charge is 0.292 e. The summed E-state index contributed by atoms with van der Waals surface area (Å²) in [5.74, 6) is 0.527. The van der Waals surface area contributed by atoms with Gasteiger partial charge in [0.25, 0.3) is 5.69 Å². The largest absolute Gasteiger partial charge is 0.340 e. The van der Waals surface area contributed by atoms with E-state index in [2.05, 4.69) is 15.6 Å². The van der Waals surface area contributed by atoms with E-state index < -0.39 is 0 Å². The first-order valence-corrected chi connectivity index (χ1v) is 12.9. The molecule has 2 aromatic carbocycles. The molecule has 2 atom stereocenters. The van der Waals surface area contributed by atoms with Gasteiger partial charge < -0.3 is 10.6 Å². The van der Waals surface area contributed by atoms with Crippen molar-refractivity contribution in [1.82, 2.24) is 15.3 Å². The van der Waals surface area contributed by atoms with Crippen LogP contribution in [-0.4, -0.2) is 33.0 Å². The molecule has 1 fully saturated rings. The number of anilines is 2. The molecule has 1 aliphatic rings. The van der Waals surface area contributed by atoms with Crippen LogP contribution in [0.5, 0.6) is 0 Å². The Morgan fingerprint density at radius 3 is 2.59 bits per heavy atom. The Morgan fingerprint density at radius 2 is 1.84 bits per heavy atom. The third-order valence-corrected chi connectivity index (χ3v) is 7.50. The maximum absolute atomic E-state index is 11.9. The SMILES string of the molecule is O=Cc1ccc(-c2ccccc2Nc2ccc([N+](=O)[O-])c(C3CC(Sc4ccccn4)CCN3)n2)cc1. The van der Waals surface area contributed by atoms with Crippen LogP contribution in [0.25, 0.3) is 11.1 Å². The summed E-state index contributed by atoms with van der Waals surface area (Å²) in [6.45, 7) is 0.741. The van der Waals surface area contributed by atoms with E-state index in [-0.39, 0.29) is 21.9 Å². The highest BCUT2D eigenvalue weighted by Gasteiger charge is 2.30. The molecule has 0 radical (unpaired) electrons. The van der Waals surface area contributed by atoms with Crippen molar-refractivity contribution >= 4 is 35.2 Å². The van der Waals surface area contributed by atoms with Crippen LogP contribution in [0.2, 0.25) is 0 Å². The third kappa shape index (κ3) is 5.84. The third-order valence-electron chi connectivity index (χ3n) is 6.26. The maximum atomic E-state index is 11.9. The quantitative estimate of drug-likeness (QED) is 0.164. The van der Waals surface area contributed by atoms with Crippen molar-refractivity contribution in [2.45, 2.75) is 29.2 Å². The van der Waals surface area contributed by atoms with E-state index in [0.717, 1.165) is 41.1 Å². The van der Waals surface area contributed by atoms with Gasteiger partial charge >= 0.3 is 0 Å². The first-order chi connectivity index (χ1) is 18.1. The molecule has 0 bridgehead atoms. The number of piperidine rings is 1. The average molecular weight is 512 g/mol.